The van der Waals surface area contributed by atoms with Crippen molar-refractivity contribution < 1.29 is 14.4 Å². The fraction of sp³-hybridized carbons (Fsp3) is 0.125. The fourth-order valence-electron chi connectivity index (χ4n) is 2.88. The lowest BCUT2D eigenvalue weighted by Crippen LogP contribution is -1.99. The third-order valence-corrected chi connectivity index (χ3v) is 5.29. The summed E-state index contributed by atoms with van der Waals surface area (Å²) in [5, 5.41) is 20.4. The molecule has 0 spiro atoms. The average Bonchev–Trinajstić information content (AvgIpc) is 2.78. The van der Waals surface area contributed by atoms with Crippen molar-refractivity contribution in [2.24, 2.45) is 0 Å². The first-order valence-electron chi connectivity index (χ1n) is 9.33. The van der Waals surface area contributed by atoms with Crippen molar-refractivity contribution in [3.63, 3.8) is 0 Å². The van der Waals surface area contributed by atoms with Gasteiger partial charge < -0.3 is 9.47 Å². The first-order chi connectivity index (χ1) is 14.9. The highest BCUT2D eigenvalue weighted by molar-refractivity contribution is 9.10. The van der Waals surface area contributed by atoms with E-state index in [0.29, 0.717) is 17.1 Å². The Balaban J connectivity index is 1.84. The highest BCUT2D eigenvalue weighted by Crippen LogP contribution is 2.36. The molecule has 0 saturated heterocycles. The molecule has 0 heterocycles. The number of aryl methyl sites for hydroxylation is 1. The molecule has 0 bridgehead atoms. The number of hydrogen-bond donors (Lipinski definition) is 0. The van der Waals surface area contributed by atoms with Gasteiger partial charge in [0.2, 0.25) is 0 Å². The smallest absolute Gasteiger partial charge is 0.269 e. The van der Waals surface area contributed by atoms with E-state index in [0.717, 1.165) is 26.7 Å². The summed E-state index contributed by atoms with van der Waals surface area (Å²) in [7, 11) is 1.54. The first kappa shape index (κ1) is 22.1. The minimum atomic E-state index is -0.441. The van der Waals surface area contributed by atoms with Gasteiger partial charge in [-0.1, -0.05) is 45.8 Å². The van der Waals surface area contributed by atoms with Gasteiger partial charge in [-0.25, -0.2) is 0 Å². The number of benzene rings is 3. The van der Waals surface area contributed by atoms with Crippen LogP contribution in [0.3, 0.4) is 0 Å². The molecule has 0 unspecified atom stereocenters. The molecular formula is C24H19BrN2O4. The second-order valence-corrected chi connectivity index (χ2v) is 7.63. The zero-order valence-electron chi connectivity index (χ0n) is 17.0. The van der Waals surface area contributed by atoms with Crippen LogP contribution in [0.4, 0.5) is 5.69 Å². The highest BCUT2D eigenvalue weighted by atomic mass is 79.9. The van der Waals surface area contributed by atoms with Gasteiger partial charge in [-0.15, -0.1) is 0 Å². The van der Waals surface area contributed by atoms with E-state index in [1.54, 1.807) is 37.5 Å². The Kier molecular flexibility index (Phi) is 7.06. The molecule has 3 aromatic rings. The largest absolute Gasteiger partial charge is 0.493 e. The number of allylic oxidation sites excluding steroid dienone is 1. The van der Waals surface area contributed by atoms with Crippen molar-refractivity contribution >= 4 is 33.3 Å². The maximum atomic E-state index is 10.8. The summed E-state index contributed by atoms with van der Waals surface area (Å²) in [5.74, 6) is 1.02. The number of hydrogen-bond acceptors (Lipinski definition) is 5. The molecule has 0 aliphatic rings. The van der Waals surface area contributed by atoms with Crippen LogP contribution in [0.15, 0.2) is 65.1 Å². The van der Waals surface area contributed by atoms with E-state index in [1.807, 2.05) is 31.2 Å². The lowest BCUT2D eigenvalue weighted by atomic mass is 10.0. The van der Waals surface area contributed by atoms with Gasteiger partial charge in [0.05, 0.1) is 23.7 Å². The Bertz CT molecular complexity index is 1160. The molecule has 0 fully saturated rings. The van der Waals surface area contributed by atoms with Gasteiger partial charge in [-0.2, -0.15) is 5.26 Å². The molecule has 3 aromatic carbocycles. The summed E-state index contributed by atoms with van der Waals surface area (Å²) >= 11 is 3.54. The number of methoxy groups -OCH3 is 1. The Morgan fingerprint density at radius 1 is 1.13 bits per heavy atom. The molecule has 0 radical (unpaired) electrons. The molecule has 156 valence electrons. The van der Waals surface area contributed by atoms with E-state index in [1.165, 1.54) is 12.1 Å². The Hall–Kier alpha value is -3.63. The third kappa shape index (κ3) is 5.50. The predicted molar refractivity (Wildman–Crippen MR) is 123 cm³/mol. The average molecular weight is 479 g/mol. The van der Waals surface area contributed by atoms with E-state index in [2.05, 4.69) is 22.0 Å². The quantitative estimate of drug-likeness (QED) is 0.171. The molecule has 6 nitrogen and oxygen atoms in total. The summed E-state index contributed by atoms with van der Waals surface area (Å²) < 4.78 is 12.1. The monoisotopic (exact) mass is 478 g/mol. The van der Waals surface area contributed by atoms with Crippen molar-refractivity contribution in [1.29, 1.82) is 5.26 Å². The van der Waals surface area contributed by atoms with E-state index in [-0.39, 0.29) is 12.3 Å². The standard InChI is InChI=1S/C24H19BrN2O4/c1-16-3-7-18(8-4-16)20(14-26)11-19-12-23(30-2)24(13-22(19)25)31-15-17-5-9-21(10-6-17)27(28)29/h3-13H,15H2,1-2H3/b20-11-. The topological polar surface area (TPSA) is 85.4 Å². The molecule has 3 rings (SSSR count). The van der Waals surface area contributed by atoms with Crippen LogP contribution in [0.2, 0.25) is 0 Å². The summed E-state index contributed by atoms with van der Waals surface area (Å²) in [6.45, 7) is 2.22. The predicted octanol–water partition coefficient (Wildman–Crippen LogP) is 6.32. The van der Waals surface area contributed by atoms with Crippen LogP contribution in [0.25, 0.3) is 11.6 Å². The van der Waals surface area contributed by atoms with Crippen LogP contribution in [0.5, 0.6) is 11.5 Å². The molecule has 0 aliphatic heterocycles. The number of non-ortho nitro benzene ring substituents is 1. The Morgan fingerprint density at radius 3 is 2.39 bits per heavy atom. The van der Waals surface area contributed by atoms with Crippen LogP contribution in [0, 0.1) is 28.4 Å². The van der Waals surface area contributed by atoms with Crippen LogP contribution in [-0.2, 0) is 6.61 Å². The molecule has 31 heavy (non-hydrogen) atoms. The molecule has 0 amide bonds. The van der Waals surface area contributed by atoms with Crippen LogP contribution < -0.4 is 9.47 Å². The van der Waals surface area contributed by atoms with E-state index < -0.39 is 4.92 Å². The van der Waals surface area contributed by atoms with Gasteiger partial charge in [-0.3, -0.25) is 10.1 Å². The first-order valence-corrected chi connectivity index (χ1v) is 10.1. The van der Waals surface area contributed by atoms with Gasteiger partial charge in [0.25, 0.3) is 5.69 Å². The zero-order chi connectivity index (χ0) is 22.4. The van der Waals surface area contributed by atoms with Gasteiger partial charge in [0.1, 0.15) is 6.61 Å². The summed E-state index contributed by atoms with van der Waals surface area (Å²) in [4.78, 5) is 10.3. The Morgan fingerprint density at radius 2 is 1.81 bits per heavy atom. The zero-order valence-corrected chi connectivity index (χ0v) is 18.5. The van der Waals surface area contributed by atoms with E-state index in [4.69, 9.17) is 9.47 Å². The summed E-state index contributed by atoms with van der Waals surface area (Å²) in [5.41, 5.74) is 4.08. The number of nitro groups is 1. The van der Waals surface area contributed by atoms with Crippen molar-refractivity contribution in [2.45, 2.75) is 13.5 Å². The second-order valence-electron chi connectivity index (χ2n) is 6.77. The molecule has 0 N–H and O–H groups in total. The highest BCUT2D eigenvalue weighted by Gasteiger charge is 2.12. The van der Waals surface area contributed by atoms with Crippen molar-refractivity contribution in [1.82, 2.24) is 0 Å². The Labute approximate surface area is 188 Å². The molecule has 7 heteroatoms. The number of ether oxygens (including phenoxy) is 2. The lowest BCUT2D eigenvalue weighted by molar-refractivity contribution is -0.384. The van der Waals surface area contributed by atoms with Crippen LogP contribution in [0.1, 0.15) is 22.3 Å². The van der Waals surface area contributed by atoms with Crippen molar-refractivity contribution in [3.8, 4) is 17.6 Å². The van der Waals surface area contributed by atoms with Crippen LogP contribution in [-0.4, -0.2) is 12.0 Å². The molecule has 0 atom stereocenters. The lowest BCUT2D eigenvalue weighted by Gasteiger charge is -2.13. The normalized spacial score (nSPS) is 11.0. The summed E-state index contributed by atoms with van der Waals surface area (Å²) in [6, 6.07) is 19.7. The maximum absolute atomic E-state index is 10.8. The minimum absolute atomic E-state index is 0.0297. The third-order valence-electron chi connectivity index (χ3n) is 4.61. The van der Waals surface area contributed by atoms with Crippen molar-refractivity contribution in [2.75, 3.05) is 7.11 Å². The van der Waals surface area contributed by atoms with E-state index >= 15 is 0 Å². The van der Waals surface area contributed by atoms with Gasteiger partial charge in [-0.05, 0) is 54.0 Å². The minimum Gasteiger partial charge on any atom is -0.493 e. The maximum Gasteiger partial charge on any atom is 0.269 e. The number of rotatable bonds is 7. The number of nitriles is 1. The molecular weight excluding hydrogens is 460 g/mol. The second kappa shape index (κ2) is 9.92. The molecule has 0 saturated carbocycles. The fourth-order valence-corrected chi connectivity index (χ4v) is 3.31. The molecule has 0 aliphatic carbocycles. The number of nitrogens with zero attached hydrogens (tertiary/aromatic N) is 2. The SMILES string of the molecule is COc1cc(/C=C(/C#N)c2ccc(C)cc2)c(Br)cc1OCc1ccc([N+](=O)[O-])cc1. The van der Waals surface area contributed by atoms with E-state index in [9.17, 15) is 15.4 Å². The number of nitro benzene ring substituents is 1. The summed E-state index contributed by atoms with van der Waals surface area (Å²) in [6.07, 6.45) is 1.79. The number of halogens is 1. The van der Waals surface area contributed by atoms with Crippen LogP contribution >= 0.6 is 15.9 Å². The molecule has 0 aromatic heterocycles. The van der Waals surface area contributed by atoms with Gasteiger partial charge in [0.15, 0.2) is 11.5 Å². The van der Waals surface area contributed by atoms with Gasteiger partial charge in [0, 0.05) is 16.6 Å². The van der Waals surface area contributed by atoms with Gasteiger partial charge >= 0.3 is 0 Å². The van der Waals surface area contributed by atoms with Crippen molar-refractivity contribution in [3.05, 3.63) is 97.5 Å².